The maximum Gasteiger partial charge on any atom is 0.339 e. The van der Waals surface area contributed by atoms with E-state index in [2.05, 4.69) is 17.9 Å². The summed E-state index contributed by atoms with van der Waals surface area (Å²) in [6.07, 6.45) is 3.69. The first-order valence-electron chi connectivity index (χ1n) is 14.3. The molecule has 0 amide bonds. The third-order valence-electron chi connectivity index (χ3n) is 7.13. The molecule has 1 atom stereocenters. The quantitative estimate of drug-likeness (QED) is 0.0729. The topological polar surface area (TPSA) is 83.5 Å². The number of carbonyl (C=O) groups excluding carboxylic acids is 2. The molecule has 0 fully saturated rings. The number of hydrogen-bond acceptors (Lipinski definition) is 8. The van der Waals surface area contributed by atoms with E-state index in [0.29, 0.717) is 42.4 Å². The number of fused-ring (bicyclic) bond motifs is 2. The van der Waals surface area contributed by atoms with Crippen LogP contribution in [0.5, 0.6) is 17.2 Å². The lowest BCUT2D eigenvalue weighted by atomic mass is 9.97. The average molecular weight is 586 g/mol. The number of benzene rings is 4. The molecule has 8 nitrogen and oxygen atoms in total. The molecule has 0 heterocycles. The molecule has 0 saturated carbocycles. The van der Waals surface area contributed by atoms with Crippen LogP contribution < -0.4 is 14.2 Å². The minimum absolute atomic E-state index is 0.124. The molecule has 0 aromatic heterocycles. The largest absolute Gasteiger partial charge is 0.493 e. The molecule has 4 rings (SSSR count). The van der Waals surface area contributed by atoms with Crippen LogP contribution in [0.15, 0.2) is 72.8 Å². The lowest BCUT2D eigenvalue weighted by molar-refractivity contribution is -0.137. The first-order valence-corrected chi connectivity index (χ1v) is 14.3. The van der Waals surface area contributed by atoms with Crippen LogP contribution in [0.2, 0.25) is 0 Å². The van der Waals surface area contributed by atoms with Crippen LogP contribution in [0.4, 0.5) is 0 Å². The van der Waals surface area contributed by atoms with Gasteiger partial charge in [0.25, 0.3) is 0 Å². The van der Waals surface area contributed by atoms with E-state index < -0.39 is 5.97 Å². The number of nitrogens with zero attached hydrogens (tertiary/aromatic N) is 1. The summed E-state index contributed by atoms with van der Waals surface area (Å²) in [5.41, 5.74) is 1.32. The molecule has 0 saturated heterocycles. The zero-order chi connectivity index (χ0) is 30.8. The molecule has 0 radical (unpaired) electrons. The fraction of sp³-hybridized carbons (Fsp3) is 0.314. The average Bonchev–Trinajstić information content (AvgIpc) is 3.02. The number of carbonyl (C=O) groups is 2. The van der Waals surface area contributed by atoms with Crippen molar-refractivity contribution >= 4 is 39.6 Å². The van der Waals surface area contributed by atoms with Crippen molar-refractivity contribution in [3.8, 4) is 17.2 Å². The van der Waals surface area contributed by atoms with E-state index in [1.54, 1.807) is 18.2 Å². The number of rotatable bonds is 14. The second-order valence-corrected chi connectivity index (χ2v) is 10.5. The van der Waals surface area contributed by atoms with Crippen molar-refractivity contribution in [2.45, 2.75) is 13.3 Å². The first-order chi connectivity index (χ1) is 20.8. The number of esters is 2. The lowest BCUT2D eigenvalue weighted by Crippen LogP contribution is -2.29. The zero-order valence-electron chi connectivity index (χ0n) is 25.4. The maximum absolute atomic E-state index is 13.3. The van der Waals surface area contributed by atoms with E-state index in [4.69, 9.17) is 23.7 Å². The Morgan fingerprint density at radius 1 is 0.837 bits per heavy atom. The highest BCUT2D eigenvalue weighted by Crippen LogP contribution is 2.38. The van der Waals surface area contributed by atoms with Crippen molar-refractivity contribution in [1.29, 1.82) is 0 Å². The van der Waals surface area contributed by atoms with Crippen molar-refractivity contribution in [2.75, 3.05) is 54.7 Å². The summed E-state index contributed by atoms with van der Waals surface area (Å²) in [5, 5.41) is 3.81. The highest BCUT2D eigenvalue weighted by atomic mass is 16.5. The Hall–Kier alpha value is -4.56. The number of hydrogen-bond donors (Lipinski definition) is 0. The molecule has 0 aliphatic heterocycles. The van der Waals surface area contributed by atoms with Crippen LogP contribution in [-0.2, 0) is 14.3 Å². The van der Waals surface area contributed by atoms with Gasteiger partial charge in [-0.1, -0.05) is 55.5 Å². The fourth-order valence-corrected chi connectivity index (χ4v) is 5.12. The first kappa shape index (κ1) is 31.4. The van der Waals surface area contributed by atoms with Gasteiger partial charge in [-0.3, -0.25) is 0 Å². The third-order valence-corrected chi connectivity index (χ3v) is 7.13. The van der Waals surface area contributed by atoms with Gasteiger partial charge in [0.15, 0.2) is 11.5 Å². The molecular weight excluding hydrogens is 546 g/mol. The molecule has 0 aliphatic carbocycles. The Morgan fingerprint density at radius 2 is 1.44 bits per heavy atom. The Kier molecular flexibility index (Phi) is 11.0. The van der Waals surface area contributed by atoms with Crippen molar-refractivity contribution in [3.05, 3.63) is 83.9 Å². The molecule has 0 N–H and O–H groups in total. The zero-order valence-corrected chi connectivity index (χ0v) is 25.4. The Bertz CT molecular complexity index is 1520. The molecule has 0 aliphatic rings. The third kappa shape index (κ3) is 8.05. The van der Waals surface area contributed by atoms with Crippen LogP contribution in [0.25, 0.3) is 27.6 Å². The molecule has 43 heavy (non-hydrogen) atoms. The second kappa shape index (κ2) is 15.1. The minimum Gasteiger partial charge on any atom is -0.493 e. The summed E-state index contributed by atoms with van der Waals surface area (Å²) in [5.74, 6) is 0.874. The standard InChI is InChI=1S/C35H39NO7/c1-24(23-43-35(38)33-28-13-8-6-11-26(28)21-27-12-7-9-14-29(27)33)22-36(2)17-10-18-42-32(37)16-15-25-19-30(39-3)34(41-5)31(20-25)40-4/h6-9,11-16,19-21,24H,10,17-18,22-23H2,1-5H3/b16-15+/t24-/m0/s1. The van der Waals surface area contributed by atoms with E-state index >= 15 is 0 Å². The van der Waals surface area contributed by atoms with Crippen LogP contribution in [0.1, 0.15) is 29.3 Å². The monoisotopic (exact) mass is 585 g/mol. The van der Waals surface area contributed by atoms with Gasteiger partial charge in [0.05, 0.1) is 40.1 Å². The van der Waals surface area contributed by atoms with Crippen LogP contribution in [0.3, 0.4) is 0 Å². The highest BCUT2D eigenvalue weighted by molar-refractivity contribution is 6.16. The van der Waals surface area contributed by atoms with Gasteiger partial charge < -0.3 is 28.6 Å². The van der Waals surface area contributed by atoms with Crippen LogP contribution in [0, 0.1) is 5.92 Å². The number of methoxy groups -OCH3 is 3. The van der Waals surface area contributed by atoms with Gasteiger partial charge in [-0.05, 0) is 64.9 Å². The molecule has 0 spiro atoms. The van der Waals surface area contributed by atoms with E-state index in [1.165, 1.54) is 27.4 Å². The van der Waals surface area contributed by atoms with Gasteiger partial charge in [-0.2, -0.15) is 0 Å². The van der Waals surface area contributed by atoms with E-state index in [1.807, 2.05) is 55.6 Å². The van der Waals surface area contributed by atoms with Crippen LogP contribution >= 0.6 is 0 Å². The fourth-order valence-electron chi connectivity index (χ4n) is 5.12. The smallest absolute Gasteiger partial charge is 0.339 e. The SMILES string of the molecule is COc1cc(/C=C/C(=O)OCCCN(C)C[C@H](C)COC(=O)c2c3ccccc3cc3ccccc23)cc(OC)c1OC. The number of ether oxygens (including phenoxy) is 5. The summed E-state index contributed by atoms with van der Waals surface area (Å²) in [6.45, 7) is 4.12. The Labute approximate surface area is 252 Å². The molecular formula is C35H39NO7. The molecule has 4 aromatic carbocycles. The van der Waals surface area contributed by atoms with Gasteiger partial charge in [-0.15, -0.1) is 0 Å². The predicted octanol–water partition coefficient (Wildman–Crippen LogP) is 6.39. The van der Waals surface area contributed by atoms with Crippen molar-refractivity contribution < 1.29 is 33.3 Å². The molecule has 8 heteroatoms. The van der Waals surface area contributed by atoms with E-state index in [0.717, 1.165) is 40.2 Å². The van der Waals surface area contributed by atoms with Gasteiger partial charge >= 0.3 is 11.9 Å². The maximum atomic E-state index is 13.3. The lowest BCUT2D eigenvalue weighted by Gasteiger charge is -2.21. The van der Waals surface area contributed by atoms with Crippen LogP contribution in [-0.4, -0.2) is 71.5 Å². The Balaban J connectivity index is 1.22. The van der Waals surface area contributed by atoms with Crippen molar-refractivity contribution in [1.82, 2.24) is 4.90 Å². The summed E-state index contributed by atoms with van der Waals surface area (Å²) >= 11 is 0. The second-order valence-electron chi connectivity index (χ2n) is 10.5. The highest BCUT2D eigenvalue weighted by Gasteiger charge is 2.18. The van der Waals surface area contributed by atoms with Gasteiger partial charge in [0, 0.05) is 25.1 Å². The normalized spacial score (nSPS) is 12.0. The van der Waals surface area contributed by atoms with Gasteiger partial charge in [0.1, 0.15) is 0 Å². The predicted molar refractivity (Wildman–Crippen MR) is 169 cm³/mol. The Morgan fingerprint density at radius 3 is 2.02 bits per heavy atom. The molecule has 0 bridgehead atoms. The van der Waals surface area contributed by atoms with E-state index in [9.17, 15) is 9.59 Å². The molecule has 0 unspecified atom stereocenters. The minimum atomic E-state index is -0.433. The summed E-state index contributed by atoms with van der Waals surface area (Å²) < 4.78 is 27.2. The van der Waals surface area contributed by atoms with Crippen molar-refractivity contribution in [2.24, 2.45) is 5.92 Å². The summed E-state index contributed by atoms with van der Waals surface area (Å²) in [4.78, 5) is 27.7. The van der Waals surface area contributed by atoms with Gasteiger partial charge in [-0.25, -0.2) is 9.59 Å². The van der Waals surface area contributed by atoms with Gasteiger partial charge in [0.2, 0.25) is 5.75 Å². The summed E-state index contributed by atoms with van der Waals surface area (Å²) in [7, 11) is 6.62. The molecule has 226 valence electrons. The summed E-state index contributed by atoms with van der Waals surface area (Å²) in [6, 6.07) is 21.4. The molecule has 4 aromatic rings. The van der Waals surface area contributed by atoms with Crippen molar-refractivity contribution in [3.63, 3.8) is 0 Å². The van der Waals surface area contributed by atoms with E-state index in [-0.39, 0.29) is 11.9 Å².